The van der Waals surface area contributed by atoms with Gasteiger partial charge >= 0.3 is 0 Å². The van der Waals surface area contributed by atoms with Gasteiger partial charge in [0.15, 0.2) is 11.6 Å². The molecule has 4 nitrogen and oxygen atoms in total. The van der Waals surface area contributed by atoms with Crippen LogP contribution in [0.1, 0.15) is 36.4 Å². The summed E-state index contributed by atoms with van der Waals surface area (Å²) < 4.78 is 26.4. The van der Waals surface area contributed by atoms with Crippen LogP contribution in [0.2, 0.25) is 0 Å². The smallest absolute Gasteiger partial charge is 0.228 e. The van der Waals surface area contributed by atoms with Crippen molar-refractivity contribution in [2.45, 2.75) is 25.3 Å². The number of carbonyl (C=O) groups is 2. The first-order valence-electron chi connectivity index (χ1n) is 7.99. The molecule has 2 aromatic rings. The number of amides is 2. The van der Waals surface area contributed by atoms with E-state index in [2.05, 4.69) is 5.32 Å². The molecule has 1 aliphatic heterocycles. The van der Waals surface area contributed by atoms with Gasteiger partial charge in [-0.2, -0.15) is 0 Å². The molecule has 0 radical (unpaired) electrons. The molecule has 1 N–H and O–H groups in total. The number of hydrogen-bond donors (Lipinski definition) is 1. The van der Waals surface area contributed by atoms with Crippen molar-refractivity contribution in [1.82, 2.24) is 5.32 Å². The Morgan fingerprint density at radius 1 is 1.20 bits per heavy atom. The molecule has 0 saturated heterocycles. The van der Waals surface area contributed by atoms with Crippen molar-refractivity contribution >= 4 is 17.5 Å². The van der Waals surface area contributed by atoms with E-state index < -0.39 is 23.6 Å². The third-order valence-corrected chi connectivity index (χ3v) is 4.55. The molecule has 25 heavy (non-hydrogen) atoms. The van der Waals surface area contributed by atoms with Gasteiger partial charge in [0.05, 0.1) is 12.0 Å². The molecular weight excluding hydrogens is 326 g/mol. The van der Waals surface area contributed by atoms with E-state index in [9.17, 15) is 18.4 Å². The zero-order valence-electron chi connectivity index (χ0n) is 13.9. The second-order valence-corrected chi connectivity index (χ2v) is 6.17. The van der Waals surface area contributed by atoms with E-state index in [0.717, 1.165) is 17.7 Å². The Labute approximate surface area is 144 Å². The summed E-state index contributed by atoms with van der Waals surface area (Å²) in [6.45, 7) is 1.69. The van der Waals surface area contributed by atoms with Gasteiger partial charge < -0.3 is 10.2 Å². The van der Waals surface area contributed by atoms with Gasteiger partial charge in [0.1, 0.15) is 0 Å². The highest BCUT2D eigenvalue weighted by atomic mass is 19.2. The highest BCUT2D eigenvalue weighted by molar-refractivity contribution is 6.02. The third kappa shape index (κ3) is 3.24. The molecule has 0 fully saturated rings. The molecular formula is C19H18F2N2O2. The lowest BCUT2D eigenvalue weighted by Gasteiger charge is -2.31. The lowest BCUT2D eigenvalue weighted by atomic mass is 9.88. The van der Waals surface area contributed by atoms with Gasteiger partial charge in [-0.1, -0.05) is 24.3 Å². The van der Waals surface area contributed by atoms with E-state index in [4.69, 9.17) is 0 Å². The fourth-order valence-corrected chi connectivity index (χ4v) is 3.06. The van der Waals surface area contributed by atoms with Crippen molar-refractivity contribution in [2.75, 3.05) is 11.9 Å². The van der Waals surface area contributed by atoms with Crippen LogP contribution in [0.5, 0.6) is 0 Å². The maximum Gasteiger partial charge on any atom is 0.228 e. The number of nitrogens with zero attached hydrogens (tertiary/aromatic N) is 1. The Morgan fingerprint density at radius 2 is 1.92 bits per heavy atom. The van der Waals surface area contributed by atoms with Crippen LogP contribution < -0.4 is 10.2 Å². The number of hydrogen-bond acceptors (Lipinski definition) is 2. The van der Waals surface area contributed by atoms with Gasteiger partial charge in [-0.15, -0.1) is 0 Å². The van der Waals surface area contributed by atoms with E-state index in [1.807, 2.05) is 18.2 Å². The Morgan fingerprint density at radius 3 is 2.64 bits per heavy atom. The van der Waals surface area contributed by atoms with Crippen LogP contribution in [-0.4, -0.2) is 18.9 Å². The number of para-hydroxylation sites is 1. The van der Waals surface area contributed by atoms with Gasteiger partial charge in [0.25, 0.3) is 0 Å². The van der Waals surface area contributed by atoms with Crippen molar-refractivity contribution in [1.29, 1.82) is 0 Å². The summed E-state index contributed by atoms with van der Waals surface area (Å²) in [6.07, 6.45) is 0.0733. The number of halogens is 2. The SMILES string of the molecule is C[C@H](NC(=O)[C@@H]1CC(=O)N(C)c2ccccc21)c1ccc(F)c(F)c1. The number of fused-ring (bicyclic) bond motifs is 1. The summed E-state index contributed by atoms with van der Waals surface area (Å²) in [4.78, 5) is 26.4. The van der Waals surface area contributed by atoms with E-state index in [0.29, 0.717) is 11.3 Å². The lowest BCUT2D eigenvalue weighted by molar-refractivity contribution is -0.127. The first-order valence-corrected chi connectivity index (χ1v) is 7.99. The average Bonchev–Trinajstić information content (AvgIpc) is 2.60. The third-order valence-electron chi connectivity index (χ3n) is 4.55. The number of rotatable bonds is 3. The maximum absolute atomic E-state index is 13.4. The predicted molar refractivity (Wildman–Crippen MR) is 90.1 cm³/mol. The van der Waals surface area contributed by atoms with Gasteiger partial charge in [-0.3, -0.25) is 9.59 Å². The minimum atomic E-state index is -0.960. The van der Waals surface area contributed by atoms with Gasteiger partial charge in [0, 0.05) is 19.2 Å². The van der Waals surface area contributed by atoms with Crippen molar-refractivity contribution in [3.8, 4) is 0 Å². The molecule has 130 valence electrons. The quantitative estimate of drug-likeness (QED) is 0.929. The summed E-state index contributed by atoms with van der Waals surface area (Å²) in [7, 11) is 1.68. The van der Waals surface area contributed by atoms with E-state index in [1.54, 1.807) is 20.0 Å². The Bertz CT molecular complexity index is 838. The van der Waals surface area contributed by atoms with Crippen molar-refractivity contribution in [3.63, 3.8) is 0 Å². The zero-order chi connectivity index (χ0) is 18.1. The van der Waals surface area contributed by atoms with E-state index in [-0.39, 0.29) is 18.2 Å². The normalized spacial score (nSPS) is 17.8. The second-order valence-electron chi connectivity index (χ2n) is 6.17. The highest BCUT2D eigenvalue weighted by Gasteiger charge is 2.34. The number of carbonyl (C=O) groups excluding carboxylic acids is 2. The lowest BCUT2D eigenvalue weighted by Crippen LogP contribution is -2.40. The Kier molecular flexibility index (Phi) is 4.53. The topological polar surface area (TPSA) is 49.4 Å². The fraction of sp³-hybridized carbons (Fsp3) is 0.263. The summed E-state index contributed by atoms with van der Waals surface area (Å²) in [5.41, 5.74) is 1.94. The van der Waals surface area contributed by atoms with Gasteiger partial charge in [-0.05, 0) is 36.2 Å². The average molecular weight is 344 g/mol. The zero-order valence-corrected chi connectivity index (χ0v) is 13.9. The molecule has 0 bridgehead atoms. The molecule has 0 saturated carbocycles. The predicted octanol–water partition coefficient (Wildman–Crippen LogP) is 3.29. The van der Waals surface area contributed by atoms with Crippen LogP contribution in [0.25, 0.3) is 0 Å². The van der Waals surface area contributed by atoms with Gasteiger partial charge in [0.2, 0.25) is 11.8 Å². The molecule has 2 amide bonds. The van der Waals surface area contributed by atoms with Crippen LogP contribution in [0, 0.1) is 11.6 Å². The largest absolute Gasteiger partial charge is 0.349 e. The first-order chi connectivity index (χ1) is 11.9. The van der Waals surface area contributed by atoms with Crippen LogP contribution >= 0.6 is 0 Å². The van der Waals surface area contributed by atoms with E-state index in [1.165, 1.54) is 11.0 Å². The fourth-order valence-electron chi connectivity index (χ4n) is 3.06. The number of anilines is 1. The molecule has 6 heteroatoms. The van der Waals surface area contributed by atoms with Crippen LogP contribution in [0.4, 0.5) is 14.5 Å². The minimum Gasteiger partial charge on any atom is -0.349 e. The van der Waals surface area contributed by atoms with Crippen LogP contribution in [0.15, 0.2) is 42.5 Å². The molecule has 0 unspecified atom stereocenters. The summed E-state index contributed by atoms with van der Waals surface area (Å²) in [5, 5.41) is 2.79. The maximum atomic E-state index is 13.4. The van der Waals surface area contributed by atoms with Crippen molar-refractivity contribution in [3.05, 3.63) is 65.2 Å². The highest BCUT2D eigenvalue weighted by Crippen LogP contribution is 2.35. The number of nitrogens with one attached hydrogen (secondary N) is 1. The van der Waals surface area contributed by atoms with Crippen molar-refractivity contribution in [2.24, 2.45) is 0 Å². The van der Waals surface area contributed by atoms with E-state index >= 15 is 0 Å². The molecule has 0 aromatic heterocycles. The van der Waals surface area contributed by atoms with Crippen molar-refractivity contribution < 1.29 is 18.4 Å². The second kappa shape index (κ2) is 6.63. The molecule has 0 spiro atoms. The number of benzene rings is 2. The summed E-state index contributed by atoms with van der Waals surface area (Å²) >= 11 is 0. The molecule has 0 aliphatic carbocycles. The summed E-state index contributed by atoms with van der Waals surface area (Å²) in [6, 6.07) is 10.3. The molecule has 2 aromatic carbocycles. The van der Waals surface area contributed by atoms with Gasteiger partial charge in [-0.25, -0.2) is 8.78 Å². The molecule has 1 heterocycles. The molecule has 1 aliphatic rings. The molecule has 2 atom stereocenters. The summed E-state index contributed by atoms with van der Waals surface area (Å²) in [5.74, 6) is -2.95. The monoisotopic (exact) mass is 344 g/mol. The minimum absolute atomic E-state index is 0.0733. The first kappa shape index (κ1) is 17.1. The van der Waals surface area contributed by atoms with Crippen LogP contribution in [-0.2, 0) is 9.59 Å². The Balaban J connectivity index is 1.82. The molecule has 3 rings (SSSR count). The standard InChI is InChI=1S/C19H18F2N2O2/c1-11(12-7-8-15(20)16(21)9-12)22-19(25)14-10-18(24)23(2)17-6-4-3-5-13(14)17/h3-9,11,14H,10H2,1-2H3,(H,22,25)/t11-,14+/m0/s1. The Hall–Kier alpha value is -2.76. The van der Waals surface area contributed by atoms with Crippen LogP contribution in [0.3, 0.4) is 0 Å².